The van der Waals surface area contributed by atoms with E-state index in [0.717, 1.165) is 56.6 Å². The third-order valence-corrected chi connectivity index (χ3v) is 5.69. The summed E-state index contributed by atoms with van der Waals surface area (Å²) in [5.74, 6) is 3.80. The van der Waals surface area contributed by atoms with Crippen molar-refractivity contribution in [3.8, 4) is 5.75 Å². The molecule has 3 rings (SSSR count). The number of aliphatic imine (C=N–C) groups is 1. The summed E-state index contributed by atoms with van der Waals surface area (Å²) in [4.78, 5) is 9.37. The van der Waals surface area contributed by atoms with Crippen molar-refractivity contribution in [1.82, 2.24) is 9.80 Å². The van der Waals surface area contributed by atoms with E-state index in [-0.39, 0.29) is 30.0 Å². The molecule has 0 bridgehead atoms. The Hall–Kier alpha value is -0.710. The first kappa shape index (κ1) is 21.6. The third kappa shape index (κ3) is 5.90. The van der Waals surface area contributed by atoms with Crippen molar-refractivity contribution in [1.29, 1.82) is 0 Å². The molecule has 2 heterocycles. The molecule has 2 fully saturated rings. The fraction of sp³-hybridized carbons (Fsp3) is 0.611. The van der Waals surface area contributed by atoms with E-state index in [1.807, 2.05) is 23.9 Å². The lowest BCUT2D eigenvalue weighted by Gasteiger charge is -2.34. The zero-order chi connectivity index (χ0) is 17.5. The number of benzene rings is 1. The van der Waals surface area contributed by atoms with Crippen LogP contribution in [0.2, 0.25) is 0 Å². The SMILES string of the molecule is COc1ccc(C(CN=C(N)N2CCSCC2)N2CCOCC2)cc1.I. The minimum atomic E-state index is 0. The molecule has 2 saturated heterocycles. The highest BCUT2D eigenvalue weighted by Gasteiger charge is 2.23. The van der Waals surface area contributed by atoms with Crippen LogP contribution in [0.1, 0.15) is 11.6 Å². The highest BCUT2D eigenvalue weighted by molar-refractivity contribution is 14.0. The maximum absolute atomic E-state index is 6.25. The van der Waals surface area contributed by atoms with Gasteiger partial charge < -0.3 is 20.1 Å². The summed E-state index contributed by atoms with van der Waals surface area (Å²) < 4.78 is 10.8. The number of rotatable bonds is 5. The first-order valence-electron chi connectivity index (χ1n) is 8.86. The summed E-state index contributed by atoms with van der Waals surface area (Å²) in [6.07, 6.45) is 0. The lowest BCUT2D eigenvalue weighted by Crippen LogP contribution is -2.44. The van der Waals surface area contributed by atoms with E-state index in [2.05, 4.69) is 21.9 Å². The summed E-state index contributed by atoms with van der Waals surface area (Å²) in [6.45, 7) is 6.04. The minimum absolute atomic E-state index is 0. The smallest absolute Gasteiger partial charge is 0.191 e. The quantitative estimate of drug-likeness (QED) is 0.386. The molecule has 2 aliphatic rings. The van der Waals surface area contributed by atoms with Crippen molar-refractivity contribution < 1.29 is 9.47 Å². The number of guanidine groups is 1. The molecule has 2 aliphatic heterocycles. The molecule has 1 unspecified atom stereocenters. The molecule has 0 spiro atoms. The highest BCUT2D eigenvalue weighted by Crippen LogP contribution is 2.24. The summed E-state index contributed by atoms with van der Waals surface area (Å²) in [6, 6.07) is 8.49. The first-order chi connectivity index (χ1) is 12.3. The van der Waals surface area contributed by atoms with Crippen LogP contribution in [0.3, 0.4) is 0 Å². The van der Waals surface area contributed by atoms with Crippen LogP contribution in [0.5, 0.6) is 5.75 Å². The number of thioether (sulfide) groups is 1. The largest absolute Gasteiger partial charge is 0.497 e. The van der Waals surface area contributed by atoms with E-state index in [0.29, 0.717) is 12.5 Å². The molecule has 0 aromatic heterocycles. The normalized spacial score (nSPS) is 20.3. The van der Waals surface area contributed by atoms with Gasteiger partial charge in [0.15, 0.2) is 5.96 Å². The van der Waals surface area contributed by atoms with Gasteiger partial charge in [-0.25, -0.2) is 0 Å². The molecule has 8 heteroatoms. The van der Waals surface area contributed by atoms with Crippen molar-refractivity contribution in [2.24, 2.45) is 10.7 Å². The molecule has 0 aliphatic carbocycles. The number of hydrogen-bond acceptors (Lipinski definition) is 5. The van der Waals surface area contributed by atoms with Crippen LogP contribution in [0, 0.1) is 0 Å². The molecule has 26 heavy (non-hydrogen) atoms. The fourth-order valence-electron chi connectivity index (χ4n) is 3.22. The highest BCUT2D eigenvalue weighted by atomic mass is 127. The number of halogens is 1. The van der Waals surface area contributed by atoms with Gasteiger partial charge in [0.25, 0.3) is 0 Å². The Balaban J connectivity index is 0.00000243. The third-order valence-electron chi connectivity index (χ3n) is 4.75. The minimum Gasteiger partial charge on any atom is -0.497 e. The van der Waals surface area contributed by atoms with Gasteiger partial charge in [0, 0.05) is 37.7 Å². The summed E-state index contributed by atoms with van der Waals surface area (Å²) in [7, 11) is 1.69. The lowest BCUT2D eigenvalue weighted by molar-refractivity contribution is 0.0179. The predicted molar refractivity (Wildman–Crippen MR) is 119 cm³/mol. The summed E-state index contributed by atoms with van der Waals surface area (Å²) in [5, 5.41) is 0. The zero-order valence-corrected chi connectivity index (χ0v) is 18.4. The van der Waals surface area contributed by atoms with Crippen LogP contribution in [0.15, 0.2) is 29.3 Å². The predicted octanol–water partition coefficient (Wildman–Crippen LogP) is 2.05. The number of nitrogens with two attached hydrogens (primary N) is 1. The van der Waals surface area contributed by atoms with Gasteiger partial charge in [-0.15, -0.1) is 24.0 Å². The molecule has 0 amide bonds. The van der Waals surface area contributed by atoms with Crippen LogP contribution in [-0.4, -0.2) is 80.3 Å². The molecule has 1 atom stereocenters. The van der Waals surface area contributed by atoms with Crippen molar-refractivity contribution >= 4 is 41.7 Å². The Labute approximate surface area is 177 Å². The molecule has 2 N–H and O–H groups in total. The summed E-state index contributed by atoms with van der Waals surface area (Å²) >= 11 is 1.98. The van der Waals surface area contributed by atoms with Gasteiger partial charge in [0.2, 0.25) is 0 Å². The van der Waals surface area contributed by atoms with Gasteiger partial charge in [0.1, 0.15) is 5.75 Å². The van der Waals surface area contributed by atoms with Gasteiger partial charge in [-0.3, -0.25) is 9.89 Å². The van der Waals surface area contributed by atoms with Crippen molar-refractivity contribution in [3.63, 3.8) is 0 Å². The average Bonchev–Trinajstić information content (AvgIpc) is 2.70. The Morgan fingerprint density at radius 2 is 1.85 bits per heavy atom. The standard InChI is InChI=1S/C18H28N4O2S.HI/c1-23-16-4-2-15(3-5-16)17(21-6-10-24-11-7-21)14-20-18(19)22-8-12-25-13-9-22;/h2-5,17H,6-14H2,1H3,(H2,19,20);1H. The monoisotopic (exact) mass is 492 g/mol. The zero-order valence-electron chi connectivity index (χ0n) is 15.3. The van der Waals surface area contributed by atoms with Gasteiger partial charge >= 0.3 is 0 Å². The van der Waals surface area contributed by atoms with E-state index in [9.17, 15) is 0 Å². The average molecular weight is 492 g/mol. The molecule has 0 radical (unpaired) electrons. The van der Waals surface area contributed by atoms with Crippen molar-refractivity contribution in [2.75, 3.05) is 64.6 Å². The molecular formula is C18H29IN4O2S. The van der Waals surface area contributed by atoms with E-state index in [4.69, 9.17) is 20.2 Å². The Bertz CT molecular complexity index is 561. The molecular weight excluding hydrogens is 463 g/mol. The number of hydrogen-bond donors (Lipinski definition) is 1. The van der Waals surface area contributed by atoms with E-state index in [1.165, 1.54) is 5.56 Å². The van der Waals surface area contributed by atoms with Crippen molar-refractivity contribution in [3.05, 3.63) is 29.8 Å². The van der Waals surface area contributed by atoms with E-state index < -0.39 is 0 Å². The molecule has 1 aromatic carbocycles. The summed E-state index contributed by atoms with van der Waals surface area (Å²) in [5.41, 5.74) is 7.50. The van der Waals surface area contributed by atoms with Crippen LogP contribution in [0.25, 0.3) is 0 Å². The maximum Gasteiger partial charge on any atom is 0.191 e. The second kappa shape index (κ2) is 11.2. The van der Waals surface area contributed by atoms with Crippen LogP contribution < -0.4 is 10.5 Å². The van der Waals surface area contributed by atoms with Gasteiger partial charge in [-0.05, 0) is 17.7 Å². The van der Waals surface area contributed by atoms with Crippen molar-refractivity contribution in [2.45, 2.75) is 6.04 Å². The Morgan fingerprint density at radius 3 is 2.46 bits per heavy atom. The molecule has 1 aromatic rings. The second-order valence-corrected chi connectivity index (χ2v) is 7.46. The van der Waals surface area contributed by atoms with Gasteiger partial charge in [-0.2, -0.15) is 11.8 Å². The topological polar surface area (TPSA) is 63.3 Å². The van der Waals surface area contributed by atoms with Crippen LogP contribution in [-0.2, 0) is 4.74 Å². The van der Waals surface area contributed by atoms with Gasteiger partial charge in [0.05, 0.1) is 32.9 Å². The number of morpholine rings is 1. The number of ether oxygens (including phenoxy) is 2. The van der Waals surface area contributed by atoms with Gasteiger partial charge in [-0.1, -0.05) is 12.1 Å². The van der Waals surface area contributed by atoms with Crippen LogP contribution in [0.4, 0.5) is 0 Å². The Kier molecular flexibility index (Phi) is 9.30. The number of nitrogens with zero attached hydrogens (tertiary/aromatic N) is 3. The number of methoxy groups -OCH3 is 1. The molecule has 146 valence electrons. The lowest BCUT2D eigenvalue weighted by atomic mass is 10.0. The first-order valence-corrected chi connectivity index (χ1v) is 10.0. The fourth-order valence-corrected chi connectivity index (χ4v) is 4.12. The van der Waals surface area contributed by atoms with E-state index >= 15 is 0 Å². The van der Waals surface area contributed by atoms with E-state index in [1.54, 1.807) is 7.11 Å². The maximum atomic E-state index is 6.25. The molecule has 6 nitrogen and oxygen atoms in total. The molecule has 0 saturated carbocycles. The second-order valence-electron chi connectivity index (χ2n) is 6.24. The van der Waals surface area contributed by atoms with Crippen LogP contribution >= 0.6 is 35.7 Å². The Morgan fingerprint density at radius 1 is 1.19 bits per heavy atom.